The molecule has 9 heteroatoms. The number of benzene rings is 3. The maximum Gasteiger partial charge on any atom is 0.387 e. The van der Waals surface area contributed by atoms with Crippen molar-refractivity contribution in [2.75, 3.05) is 6.79 Å². The van der Waals surface area contributed by atoms with Crippen LogP contribution in [0.15, 0.2) is 72.9 Å². The van der Waals surface area contributed by atoms with Gasteiger partial charge in [0.1, 0.15) is 17.4 Å². The molecule has 204 valence electrons. The number of fused-ring (bicyclic) bond motifs is 1. The van der Waals surface area contributed by atoms with Crippen LogP contribution in [-0.4, -0.2) is 27.9 Å². The quantitative estimate of drug-likeness (QED) is 0.194. The summed E-state index contributed by atoms with van der Waals surface area (Å²) in [6.45, 7) is 1.94. The van der Waals surface area contributed by atoms with E-state index in [2.05, 4.69) is 26.1 Å². The van der Waals surface area contributed by atoms with E-state index in [0.29, 0.717) is 25.4 Å². The van der Waals surface area contributed by atoms with Crippen molar-refractivity contribution in [1.29, 1.82) is 0 Å². The monoisotopic (exact) mass is 537 g/mol. The summed E-state index contributed by atoms with van der Waals surface area (Å²) < 4.78 is 56.9. The molecular weight excluding hydrogens is 507 g/mol. The number of nitrogens with zero attached hydrogens (tertiary/aromatic N) is 3. The summed E-state index contributed by atoms with van der Waals surface area (Å²) in [5.74, 6) is 1.98. The normalized spacial score (nSPS) is 12.5. The van der Waals surface area contributed by atoms with Crippen LogP contribution < -0.4 is 14.2 Å². The maximum absolute atomic E-state index is 14.0. The second-order valence-electron chi connectivity index (χ2n) is 9.44. The zero-order valence-electron chi connectivity index (χ0n) is 21.7. The first-order chi connectivity index (χ1) is 19.0. The van der Waals surface area contributed by atoms with E-state index in [9.17, 15) is 13.2 Å². The fourth-order valence-electron chi connectivity index (χ4n) is 4.69. The highest BCUT2D eigenvalue weighted by molar-refractivity contribution is 5.56. The Hall–Kier alpha value is -3.98. The van der Waals surface area contributed by atoms with E-state index in [1.54, 1.807) is 30.3 Å². The molecular formula is C30H30F3N3O3. The van der Waals surface area contributed by atoms with Gasteiger partial charge in [-0.15, -0.1) is 0 Å². The van der Waals surface area contributed by atoms with E-state index in [0.717, 1.165) is 53.3 Å². The van der Waals surface area contributed by atoms with Gasteiger partial charge in [0.05, 0.1) is 11.9 Å². The highest BCUT2D eigenvalue weighted by Crippen LogP contribution is 2.33. The van der Waals surface area contributed by atoms with E-state index in [4.69, 9.17) is 9.47 Å². The Balaban J connectivity index is 1.43. The van der Waals surface area contributed by atoms with Crippen molar-refractivity contribution < 1.29 is 27.4 Å². The van der Waals surface area contributed by atoms with Crippen LogP contribution in [0.2, 0.25) is 0 Å². The molecule has 0 atom stereocenters. The van der Waals surface area contributed by atoms with Gasteiger partial charge < -0.3 is 18.8 Å². The van der Waals surface area contributed by atoms with Crippen LogP contribution in [0.5, 0.6) is 17.2 Å². The number of rotatable bonds is 12. The molecule has 5 rings (SSSR count). The van der Waals surface area contributed by atoms with Crippen LogP contribution in [0.3, 0.4) is 0 Å². The van der Waals surface area contributed by atoms with Crippen molar-refractivity contribution >= 4 is 0 Å². The summed E-state index contributed by atoms with van der Waals surface area (Å²) in [6, 6.07) is 19.0. The minimum absolute atomic E-state index is 0.119. The van der Waals surface area contributed by atoms with E-state index in [-0.39, 0.29) is 18.4 Å². The number of hydrogen-bond donors (Lipinski definition) is 0. The Morgan fingerprint density at radius 2 is 1.72 bits per heavy atom. The van der Waals surface area contributed by atoms with E-state index >= 15 is 0 Å². The van der Waals surface area contributed by atoms with Gasteiger partial charge in [0.15, 0.2) is 11.5 Å². The molecule has 1 aliphatic rings. The summed E-state index contributed by atoms with van der Waals surface area (Å²) >= 11 is 0. The molecule has 0 N–H and O–H groups in total. The van der Waals surface area contributed by atoms with Gasteiger partial charge in [0, 0.05) is 31.7 Å². The molecule has 0 saturated heterocycles. The van der Waals surface area contributed by atoms with Gasteiger partial charge in [0.2, 0.25) is 6.79 Å². The van der Waals surface area contributed by atoms with Gasteiger partial charge in [0.25, 0.3) is 0 Å². The first kappa shape index (κ1) is 26.6. The zero-order valence-corrected chi connectivity index (χ0v) is 21.7. The number of halogens is 3. The first-order valence-electron chi connectivity index (χ1n) is 12.9. The fourth-order valence-corrected chi connectivity index (χ4v) is 4.69. The molecule has 0 bridgehead atoms. The van der Waals surface area contributed by atoms with Crippen LogP contribution in [0, 0.1) is 5.82 Å². The van der Waals surface area contributed by atoms with Crippen molar-refractivity contribution in [1.82, 2.24) is 14.5 Å². The fraction of sp³-hybridized carbons (Fsp3) is 0.300. The lowest BCUT2D eigenvalue weighted by molar-refractivity contribution is -0.0498. The molecule has 0 amide bonds. The molecule has 4 aromatic rings. The molecule has 0 unspecified atom stereocenters. The lowest BCUT2D eigenvalue weighted by Gasteiger charge is -2.24. The highest BCUT2D eigenvalue weighted by atomic mass is 19.3. The summed E-state index contributed by atoms with van der Waals surface area (Å²) in [7, 11) is 0. The minimum Gasteiger partial charge on any atom is -0.454 e. The van der Waals surface area contributed by atoms with Crippen molar-refractivity contribution in [3.05, 3.63) is 95.6 Å². The lowest BCUT2D eigenvalue weighted by atomic mass is 10.1. The Kier molecular flexibility index (Phi) is 8.36. The molecule has 6 nitrogen and oxygen atoms in total. The van der Waals surface area contributed by atoms with Gasteiger partial charge in [-0.05, 0) is 53.9 Å². The SMILES string of the molecule is CCCCn1c(CN(Cc2ccc(OC(F)F)cc2)Cc2ccc3c(c2)OCO3)cnc1-c1cccc(F)c1. The van der Waals surface area contributed by atoms with Crippen molar-refractivity contribution in [2.45, 2.75) is 52.6 Å². The second kappa shape index (κ2) is 12.3. The minimum atomic E-state index is -2.87. The second-order valence-corrected chi connectivity index (χ2v) is 9.44. The Labute approximate surface area is 225 Å². The number of ether oxygens (including phenoxy) is 3. The molecule has 3 aromatic carbocycles. The van der Waals surface area contributed by atoms with Crippen LogP contribution in [0.25, 0.3) is 11.4 Å². The molecule has 0 aliphatic carbocycles. The number of hydrogen-bond acceptors (Lipinski definition) is 5. The molecule has 1 aromatic heterocycles. The molecule has 2 heterocycles. The maximum atomic E-state index is 14.0. The molecule has 1 aliphatic heterocycles. The number of aromatic nitrogens is 2. The average molecular weight is 538 g/mol. The summed E-state index contributed by atoms with van der Waals surface area (Å²) in [4.78, 5) is 6.92. The smallest absolute Gasteiger partial charge is 0.387 e. The van der Waals surface area contributed by atoms with E-state index < -0.39 is 6.61 Å². The van der Waals surface area contributed by atoms with Crippen LogP contribution in [0.1, 0.15) is 36.6 Å². The van der Waals surface area contributed by atoms with Crippen LogP contribution in [0.4, 0.5) is 13.2 Å². The number of alkyl halides is 2. The molecule has 0 radical (unpaired) electrons. The van der Waals surface area contributed by atoms with Gasteiger partial charge >= 0.3 is 6.61 Å². The summed E-state index contributed by atoms with van der Waals surface area (Å²) in [5, 5.41) is 0. The van der Waals surface area contributed by atoms with E-state index in [1.165, 1.54) is 12.1 Å². The predicted molar refractivity (Wildman–Crippen MR) is 141 cm³/mol. The third-order valence-corrected chi connectivity index (χ3v) is 6.54. The standard InChI is InChI=1S/C30H30F3N3O3/c1-2-3-13-36-25(16-34-29(36)23-5-4-6-24(31)15-23)19-35(17-21-7-10-26(11-8-21)39-30(32)33)18-22-9-12-27-28(14-22)38-20-37-27/h4-12,14-16,30H,2-3,13,17-20H2,1H3. The number of imidazole rings is 1. The molecule has 0 spiro atoms. The molecule has 0 saturated carbocycles. The Morgan fingerprint density at radius 3 is 2.49 bits per heavy atom. The van der Waals surface area contributed by atoms with Gasteiger partial charge in [-0.1, -0.05) is 43.7 Å². The number of unbranched alkanes of at least 4 members (excludes halogenated alkanes) is 1. The van der Waals surface area contributed by atoms with Crippen LogP contribution in [-0.2, 0) is 26.2 Å². The van der Waals surface area contributed by atoms with Crippen molar-refractivity contribution in [3.8, 4) is 28.6 Å². The van der Waals surface area contributed by atoms with Gasteiger partial charge in [-0.2, -0.15) is 8.78 Å². The largest absolute Gasteiger partial charge is 0.454 e. The van der Waals surface area contributed by atoms with Crippen molar-refractivity contribution in [2.24, 2.45) is 0 Å². The third-order valence-electron chi connectivity index (χ3n) is 6.54. The topological polar surface area (TPSA) is 48.8 Å². The van der Waals surface area contributed by atoms with E-state index in [1.807, 2.05) is 30.5 Å². The summed E-state index contributed by atoms with van der Waals surface area (Å²) in [5.41, 5.74) is 3.72. The molecule has 39 heavy (non-hydrogen) atoms. The highest BCUT2D eigenvalue weighted by Gasteiger charge is 2.19. The zero-order chi connectivity index (χ0) is 27.2. The lowest BCUT2D eigenvalue weighted by Crippen LogP contribution is -2.24. The van der Waals surface area contributed by atoms with Gasteiger partial charge in [-0.3, -0.25) is 4.90 Å². The summed E-state index contributed by atoms with van der Waals surface area (Å²) in [6.07, 6.45) is 3.82. The first-order valence-corrected chi connectivity index (χ1v) is 12.9. The van der Waals surface area contributed by atoms with Crippen LogP contribution >= 0.6 is 0 Å². The van der Waals surface area contributed by atoms with Crippen molar-refractivity contribution in [3.63, 3.8) is 0 Å². The predicted octanol–water partition coefficient (Wildman–Crippen LogP) is 7.02. The van der Waals surface area contributed by atoms with Gasteiger partial charge in [-0.25, -0.2) is 9.37 Å². The average Bonchev–Trinajstić information content (AvgIpc) is 3.55. The Bertz CT molecular complexity index is 1390. The molecule has 0 fully saturated rings. The third kappa shape index (κ3) is 6.72. The Morgan fingerprint density at radius 1 is 0.949 bits per heavy atom.